The van der Waals surface area contributed by atoms with E-state index < -0.39 is 0 Å². The van der Waals surface area contributed by atoms with E-state index in [1.807, 2.05) is 0 Å². The van der Waals surface area contributed by atoms with Gasteiger partial charge in [-0.2, -0.15) is 0 Å². The van der Waals surface area contributed by atoms with Crippen molar-refractivity contribution in [2.75, 3.05) is 0 Å². The van der Waals surface area contributed by atoms with Crippen molar-refractivity contribution in [2.24, 2.45) is 17.3 Å². The zero-order chi connectivity index (χ0) is 11.2. The predicted octanol–water partition coefficient (Wildman–Crippen LogP) is 3.74. The Morgan fingerprint density at radius 3 is 2.47 bits per heavy atom. The molecule has 0 N–H and O–H groups in total. The molecule has 0 bridgehead atoms. The fraction of sp³-hybridized carbons (Fsp3) is 0.786. The van der Waals surface area contributed by atoms with Gasteiger partial charge >= 0.3 is 0 Å². The molecule has 0 saturated carbocycles. The van der Waals surface area contributed by atoms with Crippen molar-refractivity contribution in [3.8, 4) is 0 Å². The fourth-order valence-electron chi connectivity index (χ4n) is 3.02. The molecule has 2 rings (SSSR count). The van der Waals surface area contributed by atoms with E-state index in [0.29, 0.717) is 11.2 Å². The van der Waals surface area contributed by atoms with Gasteiger partial charge in [0.2, 0.25) is 0 Å². The van der Waals surface area contributed by atoms with Gasteiger partial charge in [0.15, 0.2) is 5.78 Å². The van der Waals surface area contributed by atoms with Crippen molar-refractivity contribution >= 4 is 5.78 Å². The highest BCUT2D eigenvalue weighted by Crippen LogP contribution is 2.45. The van der Waals surface area contributed by atoms with Gasteiger partial charge < -0.3 is 0 Å². The van der Waals surface area contributed by atoms with Gasteiger partial charge in [-0.1, -0.05) is 33.3 Å². The predicted molar refractivity (Wildman–Crippen MR) is 62.6 cm³/mol. The van der Waals surface area contributed by atoms with E-state index in [2.05, 4.69) is 27.7 Å². The highest BCUT2D eigenvalue weighted by Gasteiger charge is 2.37. The number of hydrogen-bond donors (Lipinski definition) is 0. The lowest BCUT2D eigenvalue weighted by atomic mass is 9.71. The van der Waals surface area contributed by atoms with Crippen molar-refractivity contribution < 1.29 is 4.79 Å². The highest BCUT2D eigenvalue weighted by atomic mass is 16.1. The summed E-state index contributed by atoms with van der Waals surface area (Å²) in [6.45, 7) is 9.04. The van der Waals surface area contributed by atoms with Crippen molar-refractivity contribution in [1.29, 1.82) is 0 Å². The van der Waals surface area contributed by atoms with E-state index in [0.717, 1.165) is 18.8 Å². The maximum Gasteiger partial charge on any atom is 0.161 e. The Morgan fingerprint density at radius 2 is 1.87 bits per heavy atom. The van der Waals surface area contributed by atoms with Crippen LogP contribution in [0.4, 0.5) is 0 Å². The lowest BCUT2D eigenvalue weighted by Crippen LogP contribution is -2.24. The topological polar surface area (TPSA) is 17.1 Å². The summed E-state index contributed by atoms with van der Waals surface area (Å²) in [7, 11) is 0. The average molecular weight is 206 g/mol. The molecular weight excluding hydrogens is 184 g/mol. The third-order valence-corrected chi connectivity index (χ3v) is 4.18. The third kappa shape index (κ3) is 1.89. The highest BCUT2D eigenvalue weighted by molar-refractivity contribution is 6.00. The molecule has 2 unspecified atom stereocenters. The molecule has 2 atom stereocenters. The van der Waals surface area contributed by atoms with Gasteiger partial charge in [0, 0.05) is 5.92 Å². The minimum Gasteiger partial charge on any atom is -0.294 e. The van der Waals surface area contributed by atoms with Crippen LogP contribution >= 0.6 is 0 Å². The van der Waals surface area contributed by atoms with E-state index >= 15 is 0 Å². The van der Waals surface area contributed by atoms with Gasteiger partial charge in [0.1, 0.15) is 0 Å². The molecule has 0 aromatic rings. The van der Waals surface area contributed by atoms with Gasteiger partial charge in [-0.3, -0.25) is 4.79 Å². The van der Waals surface area contributed by atoms with Crippen molar-refractivity contribution in [3.63, 3.8) is 0 Å². The number of hydrogen-bond acceptors (Lipinski definition) is 1. The molecule has 0 spiro atoms. The molecule has 1 heteroatoms. The Morgan fingerprint density at radius 1 is 1.20 bits per heavy atom. The number of carbonyl (C=O) groups is 1. The largest absolute Gasteiger partial charge is 0.294 e. The molecule has 0 aliphatic heterocycles. The summed E-state index contributed by atoms with van der Waals surface area (Å²) in [5, 5.41) is 0. The molecule has 0 aromatic heterocycles. The van der Waals surface area contributed by atoms with E-state index in [9.17, 15) is 4.79 Å². The number of Topliss-reactive ketones (excluding diaryl/α,β-unsaturated/α-hetero) is 1. The first-order valence-electron chi connectivity index (χ1n) is 6.14. The maximum absolute atomic E-state index is 11.8. The fourth-order valence-corrected chi connectivity index (χ4v) is 3.02. The van der Waals surface area contributed by atoms with Gasteiger partial charge in [-0.05, 0) is 42.6 Å². The first-order valence-corrected chi connectivity index (χ1v) is 6.14. The van der Waals surface area contributed by atoms with Crippen LogP contribution in [-0.4, -0.2) is 5.78 Å². The van der Waals surface area contributed by atoms with Crippen LogP contribution < -0.4 is 0 Å². The summed E-state index contributed by atoms with van der Waals surface area (Å²) < 4.78 is 0. The Labute approximate surface area is 92.9 Å². The second-order valence-electron chi connectivity index (χ2n) is 6.36. The molecule has 0 fully saturated rings. The first kappa shape index (κ1) is 10.9. The molecule has 1 nitrogen and oxygen atoms in total. The zero-order valence-electron chi connectivity index (χ0n) is 10.4. The van der Waals surface area contributed by atoms with Crippen LogP contribution in [0.2, 0.25) is 0 Å². The molecule has 2 aliphatic carbocycles. The summed E-state index contributed by atoms with van der Waals surface area (Å²) in [4.78, 5) is 11.8. The Bertz CT molecular complexity index is 317. The summed E-state index contributed by atoms with van der Waals surface area (Å²) in [6, 6.07) is 0. The second-order valence-corrected chi connectivity index (χ2v) is 6.36. The van der Waals surface area contributed by atoms with Crippen LogP contribution in [0.3, 0.4) is 0 Å². The van der Waals surface area contributed by atoms with Gasteiger partial charge in [-0.25, -0.2) is 0 Å². The molecule has 0 saturated heterocycles. The summed E-state index contributed by atoms with van der Waals surface area (Å²) in [5.41, 5.74) is 3.08. The molecule has 2 aliphatic rings. The molecular formula is C14H22O. The molecule has 15 heavy (non-hydrogen) atoms. The molecule has 0 amide bonds. The van der Waals surface area contributed by atoms with Gasteiger partial charge in [-0.15, -0.1) is 0 Å². The minimum atomic E-state index is 0.272. The first-order chi connectivity index (χ1) is 6.89. The SMILES string of the molecule is CC1CC2=C(CCC(C(C)(C)C)C2)C1=O. The number of carbonyl (C=O) groups excluding carboxylic acids is 1. The maximum atomic E-state index is 11.8. The summed E-state index contributed by atoms with van der Waals surface area (Å²) >= 11 is 0. The van der Waals surface area contributed by atoms with Crippen molar-refractivity contribution in [2.45, 2.75) is 53.4 Å². The van der Waals surface area contributed by atoms with Crippen LogP contribution in [0.15, 0.2) is 11.1 Å². The van der Waals surface area contributed by atoms with Gasteiger partial charge in [0.25, 0.3) is 0 Å². The molecule has 0 aromatic carbocycles. The van der Waals surface area contributed by atoms with Crippen LogP contribution in [0, 0.1) is 17.3 Å². The standard InChI is InChI=1S/C14H22O/c1-9-7-10-8-11(14(2,3)4)5-6-12(10)13(9)15/h9,11H,5-8H2,1-4H3. The van der Waals surface area contributed by atoms with Crippen LogP contribution in [-0.2, 0) is 4.79 Å². The number of allylic oxidation sites excluding steroid dienone is 2. The Hall–Kier alpha value is -0.590. The molecule has 0 radical (unpaired) electrons. The van der Waals surface area contributed by atoms with Crippen LogP contribution in [0.25, 0.3) is 0 Å². The van der Waals surface area contributed by atoms with Gasteiger partial charge in [0.05, 0.1) is 0 Å². The average Bonchev–Trinajstić information content (AvgIpc) is 2.41. The number of ketones is 1. The minimum absolute atomic E-state index is 0.272. The molecule has 0 heterocycles. The van der Waals surface area contributed by atoms with E-state index in [-0.39, 0.29) is 5.92 Å². The monoisotopic (exact) mass is 206 g/mol. The quantitative estimate of drug-likeness (QED) is 0.590. The Kier molecular flexibility index (Phi) is 2.52. The zero-order valence-corrected chi connectivity index (χ0v) is 10.4. The van der Waals surface area contributed by atoms with Crippen molar-refractivity contribution in [1.82, 2.24) is 0 Å². The summed E-state index contributed by atoms with van der Waals surface area (Å²) in [6.07, 6.45) is 4.47. The smallest absolute Gasteiger partial charge is 0.161 e. The third-order valence-electron chi connectivity index (χ3n) is 4.18. The van der Waals surface area contributed by atoms with E-state index in [4.69, 9.17) is 0 Å². The van der Waals surface area contributed by atoms with Crippen LogP contribution in [0.1, 0.15) is 53.4 Å². The second kappa shape index (κ2) is 3.47. The lowest BCUT2D eigenvalue weighted by molar-refractivity contribution is -0.118. The number of rotatable bonds is 0. The summed E-state index contributed by atoms with van der Waals surface area (Å²) in [5.74, 6) is 1.49. The van der Waals surface area contributed by atoms with E-state index in [1.54, 1.807) is 0 Å². The lowest BCUT2D eigenvalue weighted by Gasteiger charge is -2.34. The Balaban J connectivity index is 2.16. The van der Waals surface area contributed by atoms with E-state index in [1.165, 1.54) is 24.0 Å². The molecule has 84 valence electrons. The normalized spacial score (nSPS) is 32.1. The van der Waals surface area contributed by atoms with Crippen molar-refractivity contribution in [3.05, 3.63) is 11.1 Å². The van der Waals surface area contributed by atoms with Crippen LogP contribution in [0.5, 0.6) is 0 Å².